The number of ether oxygens (including phenoxy) is 2. The van der Waals surface area contributed by atoms with Crippen molar-refractivity contribution < 1.29 is 19.1 Å². The van der Waals surface area contributed by atoms with E-state index in [4.69, 9.17) is 9.47 Å². The maximum atomic E-state index is 12.6. The standard InChI is InChI=1S/C25H26N2O4/c1-18-22(25(29)26-19-8-4-3-5-9-19)10-6-11-23(18)27-24(28)12-7-17-31-21-15-13-20(30-2)14-16-21/h3-6,8-11,13-16H,7,12,17H2,1-2H3,(H,26,29)(H,27,28). The molecular formula is C25H26N2O4. The number of carbonyl (C=O) groups is 2. The number of hydrogen-bond donors (Lipinski definition) is 2. The zero-order chi connectivity index (χ0) is 22.1. The Morgan fingerprint density at radius 3 is 2.26 bits per heavy atom. The van der Waals surface area contributed by atoms with Gasteiger partial charge in [0.25, 0.3) is 5.91 Å². The number of rotatable bonds is 9. The van der Waals surface area contributed by atoms with Crippen molar-refractivity contribution in [1.29, 1.82) is 0 Å². The Kier molecular flexibility index (Phi) is 7.65. The molecule has 0 saturated carbocycles. The molecule has 0 aromatic heterocycles. The maximum Gasteiger partial charge on any atom is 0.256 e. The van der Waals surface area contributed by atoms with Gasteiger partial charge < -0.3 is 20.1 Å². The van der Waals surface area contributed by atoms with Crippen molar-refractivity contribution in [1.82, 2.24) is 0 Å². The van der Waals surface area contributed by atoms with Crippen molar-refractivity contribution in [2.75, 3.05) is 24.4 Å². The molecule has 0 heterocycles. The van der Waals surface area contributed by atoms with Crippen LogP contribution in [0.15, 0.2) is 72.8 Å². The third-order valence-electron chi connectivity index (χ3n) is 4.76. The largest absolute Gasteiger partial charge is 0.497 e. The van der Waals surface area contributed by atoms with Gasteiger partial charge in [-0.1, -0.05) is 24.3 Å². The topological polar surface area (TPSA) is 76.7 Å². The first-order valence-corrected chi connectivity index (χ1v) is 10.1. The molecule has 0 aliphatic heterocycles. The first kappa shape index (κ1) is 21.9. The third kappa shape index (κ3) is 6.34. The second-order valence-electron chi connectivity index (χ2n) is 6.97. The molecule has 0 aliphatic carbocycles. The molecule has 31 heavy (non-hydrogen) atoms. The van der Waals surface area contributed by atoms with E-state index in [9.17, 15) is 9.59 Å². The SMILES string of the molecule is COc1ccc(OCCCC(=O)Nc2cccc(C(=O)Nc3ccccc3)c2C)cc1. The highest BCUT2D eigenvalue weighted by Crippen LogP contribution is 2.21. The lowest BCUT2D eigenvalue weighted by Crippen LogP contribution is -2.17. The van der Waals surface area contributed by atoms with Gasteiger partial charge in [0.05, 0.1) is 13.7 Å². The van der Waals surface area contributed by atoms with E-state index in [1.165, 1.54) is 0 Å². The molecule has 0 saturated heterocycles. The first-order valence-electron chi connectivity index (χ1n) is 10.1. The second kappa shape index (κ2) is 10.8. The Bertz CT molecular complexity index is 1020. The van der Waals surface area contributed by atoms with Crippen LogP contribution >= 0.6 is 0 Å². The number of carbonyl (C=O) groups excluding carboxylic acids is 2. The van der Waals surface area contributed by atoms with Gasteiger partial charge in [0.15, 0.2) is 0 Å². The molecule has 6 nitrogen and oxygen atoms in total. The van der Waals surface area contributed by atoms with Gasteiger partial charge in [-0.2, -0.15) is 0 Å². The van der Waals surface area contributed by atoms with Gasteiger partial charge in [0.1, 0.15) is 11.5 Å². The number of hydrogen-bond acceptors (Lipinski definition) is 4. The zero-order valence-corrected chi connectivity index (χ0v) is 17.7. The van der Waals surface area contributed by atoms with E-state index < -0.39 is 0 Å². The molecule has 0 atom stereocenters. The highest BCUT2D eigenvalue weighted by molar-refractivity contribution is 6.06. The molecule has 3 aromatic carbocycles. The highest BCUT2D eigenvalue weighted by Gasteiger charge is 2.13. The number of benzene rings is 3. The second-order valence-corrected chi connectivity index (χ2v) is 6.97. The van der Waals surface area contributed by atoms with Crippen LogP contribution in [0.5, 0.6) is 11.5 Å². The van der Waals surface area contributed by atoms with Crippen LogP contribution in [-0.4, -0.2) is 25.5 Å². The predicted octanol–water partition coefficient (Wildman–Crippen LogP) is 5.05. The van der Waals surface area contributed by atoms with Crippen molar-refractivity contribution in [2.45, 2.75) is 19.8 Å². The van der Waals surface area contributed by atoms with E-state index in [0.717, 1.165) is 22.7 Å². The lowest BCUT2D eigenvalue weighted by Gasteiger charge is -2.13. The fourth-order valence-electron chi connectivity index (χ4n) is 3.04. The molecule has 3 rings (SSSR count). The summed E-state index contributed by atoms with van der Waals surface area (Å²) in [6.07, 6.45) is 0.890. The fraction of sp³-hybridized carbons (Fsp3) is 0.200. The Labute approximate surface area is 182 Å². The van der Waals surface area contributed by atoms with Gasteiger partial charge in [0, 0.05) is 23.4 Å². The Hall–Kier alpha value is -3.80. The van der Waals surface area contributed by atoms with Gasteiger partial charge in [-0.25, -0.2) is 0 Å². The molecule has 6 heteroatoms. The van der Waals surface area contributed by atoms with Crippen LogP contribution in [0.3, 0.4) is 0 Å². The summed E-state index contributed by atoms with van der Waals surface area (Å²) in [5, 5.41) is 5.76. The molecule has 0 aliphatic rings. The summed E-state index contributed by atoms with van der Waals surface area (Å²) < 4.78 is 10.8. The minimum absolute atomic E-state index is 0.123. The van der Waals surface area contributed by atoms with Crippen molar-refractivity contribution >= 4 is 23.2 Å². The Morgan fingerprint density at radius 1 is 0.839 bits per heavy atom. The monoisotopic (exact) mass is 418 g/mol. The van der Waals surface area contributed by atoms with E-state index >= 15 is 0 Å². The maximum absolute atomic E-state index is 12.6. The van der Waals surface area contributed by atoms with Crippen LogP contribution in [-0.2, 0) is 4.79 Å². The van der Waals surface area contributed by atoms with Crippen molar-refractivity contribution in [3.8, 4) is 11.5 Å². The molecule has 0 radical (unpaired) electrons. The zero-order valence-electron chi connectivity index (χ0n) is 17.7. The minimum Gasteiger partial charge on any atom is -0.497 e. The van der Waals surface area contributed by atoms with Crippen molar-refractivity contribution in [3.63, 3.8) is 0 Å². The minimum atomic E-state index is -0.215. The summed E-state index contributed by atoms with van der Waals surface area (Å²) in [7, 11) is 1.61. The van der Waals surface area contributed by atoms with Crippen molar-refractivity contribution in [2.24, 2.45) is 0 Å². The molecule has 0 unspecified atom stereocenters. The molecule has 3 aromatic rings. The molecule has 0 spiro atoms. The summed E-state index contributed by atoms with van der Waals surface area (Å²) in [5.41, 5.74) is 2.59. The molecule has 160 valence electrons. The number of nitrogens with one attached hydrogen (secondary N) is 2. The predicted molar refractivity (Wildman–Crippen MR) is 122 cm³/mol. The Balaban J connectivity index is 1.50. The average Bonchev–Trinajstić information content (AvgIpc) is 2.79. The summed E-state index contributed by atoms with van der Waals surface area (Å²) in [6, 6.07) is 21.9. The molecule has 2 amide bonds. The van der Waals surface area contributed by atoms with E-state index in [2.05, 4.69) is 10.6 Å². The lowest BCUT2D eigenvalue weighted by atomic mass is 10.1. The van der Waals surface area contributed by atoms with Gasteiger partial charge in [-0.15, -0.1) is 0 Å². The molecule has 0 bridgehead atoms. The summed E-state index contributed by atoms with van der Waals surface area (Å²) >= 11 is 0. The van der Waals surface area contributed by atoms with E-state index in [1.807, 2.05) is 61.5 Å². The molecule has 0 fully saturated rings. The Morgan fingerprint density at radius 2 is 1.55 bits per heavy atom. The van der Waals surface area contributed by atoms with Crippen LogP contribution in [0.25, 0.3) is 0 Å². The van der Waals surface area contributed by atoms with Crippen LogP contribution in [0.2, 0.25) is 0 Å². The fourth-order valence-corrected chi connectivity index (χ4v) is 3.04. The summed E-state index contributed by atoms with van der Waals surface area (Å²) in [6.45, 7) is 2.25. The summed E-state index contributed by atoms with van der Waals surface area (Å²) in [5.74, 6) is 1.16. The first-order chi connectivity index (χ1) is 15.1. The van der Waals surface area contributed by atoms with E-state index in [0.29, 0.717) is 30.7 Å². The highest BCUT2D eigenvalue weighted by atomic mass is 16.5. The quantitative estimate of drug-likeness (QED) is 0.477. The van der Waals surface area contributed by atoms with Crippen LogP contribution in [0, 0.1) is 6.92 Å². The van der Waals surface area contributed by atoms with Gasteiger partial charge in [0.2, 0.25) is 5.91 Å². The normalized spacial score (nSPS) is 10.3. The number of anilines is 2. The van der Waals surface area contributed by atoms with Gasteiger partial charge in [-0.05, 0) is 67.4 Å². The number of amides is 2. The van der Waals surface area contributed by atoms with Gasteiger partial charge >= 0.3 is 0 Å². The van der Waals surface area contributed by atoms with Crippen molar-refractivity contribution in [3.05, 3.63) is 83.9 Å². The van der Waals surface area contributed by atoms with Gasteiger partial charge in [-0.3, -0.25) is 9.59 Å². The van der Waals surface area contributed by atoms with Crippen LogP contribution in [0.4, 0.5) is 11.4 Å². The molecule has 2 N–H and O–H groups in total. The third-order valence-corrected chi connectivity index (χ3v) is 4.76. The molecular weight excluding hydrogens is 392 g/mol. The van der Waals surface area contributed by atoms with Crippen LogP contribution in [0.1, 0.15) is 28.8 Å². The number of para-hydroxylation sites is 1. The lowest BCUT2D eigenvalue weighted by molar-refractivity contribution is -0.116. The average molecular weight is 418 g/mol. The summed E-state index contributed by atoms with van der Waals surface area (Å²) in [4.78, 5) is 25.0. The smallest absolute Gasteiger partial charge is 0.256 e. The van der Waals surface area contributed by atoms with Crippen LogP contribution < -0.4 is 20.1 Å². The van der Waals surface area contributed by atoms with E-state index in [1.54, 1.807) is 25.3 Å². The number of methoxy groups -OCH3 is 1. The van der Waals surface area contributed by atoms with E-state index in [-0.39, 0.29) is 11.8 Å².